The van der Waals surface area contributed by atoms with Crippen molar-refractivity contribution in [3.8, 4) is 11.5 Å². The number of carbonyl (C=O) groups is 2. The van der Waals surface area contributed by atoms with Crippen LogP contribution in [0.3, 0.4) is 0 Å². The summed E-state index contributed by atoms with van der Waals surface area (Å²) in [6.07, 6.45) is -0.546. The second kappa shape index (κ2) is 8.44. The van der Waals surface area contributed by atoms with Crippen LogP contribution in [0.2, 0.25) is 0 Å². The molecule has 0 aliphatic heterocycles. The predicted octanol–water partition coefficient (Wildman–Crippen LogP) is 4.19. The zero-order valence-electron chi connectivity index (χ0n) is 17.6. The molecule has 8 heteroatoms. The molecule has 0 spiro atoms. The van der Waals surface area contributed by atoms with Gasteiger partial charge in [-0.2, -0.15) is 0 Å². The van der Waals surface area contributed by atoms with Gasteiger partial charge in [0.2, 0.25) is 0 Å². The smallest absolute Gasteiger partial charge is 0.420 e. The standard InChI is InChI=1S/C22H24N2O6/c1-22(2,3)30-21(26)24-18-11-10-16(27-4)12-17(18)23-19(24)13-29-15-8-6-14(7-9-15)20(25)28-5/h6-12H,13H2,1-5H3. The number of methoxy groups -OCH3 is 2. The highest BCUT2D eigenvalue weighted by Crippen LogP contribution is 2.24. The fourth-order valence-electron chi connectivity index (χ4n) is 2.80. The van der Waals surface area contributed by atoms with Gasteiger partial charge in [-0.05, 0) is 57.2 Å². The first-order valence-corrected chi connectivity index (χ1v) is 9.32. The molecule has 0 saturated carbocycles. The van der Waals surface area contributed by atoms with Crippen LogP contribution in [0.1, 0.15) is 37.0 Å². The van der Waals surface area contributed by atoms with E-state index in [1.165, 1.54) is 11.7 Å². The summed E-state index contributed by atoms with van der Waals surface area (Å²) in [6, 6.07) is 11.7. The number of fused-ring (bicyclic) bond motifs is 1. The highest BCUT2D eigenvalue weighted by Gasteiger charge is 2.23. The Labute approximate surface area is 174 Å². The van der Waals surface area contributed by atoms with Crippen LogP contribution < -0.4 is 9.47 Å². The summed E-state index contributed by atoms with van der Waals surface area (Å²) in [4.78, 5) is 28.9. The lowest BCUT2D eigenvalue weighted by atomic mass is 10.2. The molecule has 0 radical (unpaired) electrons. The molecule has 0 fully saturated rings. The van der Waals surface area contributed by atoms with Crippen molar-refractivity contribution in [2.24, 2.45) is 0 Å². The molecule has 0 aliphatic carbocycles. The van der Waals surface area contributed by atoms with Gasteiger partial charge in [0.25, 0.3) is 0 Å². The van der Waals surface area contributed by atoms with Crippen molar-refractivity contribution >= 4 is 23.1 Å². The molecule has 8 nitrogen and oxygen atoms in total. The molecule has 0 amide bonds. The van der Waals surface area contributed by atoms with E-state index in [2.05, 4.69) is 9.72 Å². The first-order chi connectivity index (χ1) is 14.2. The topological polar surface area (TPSA) is 88.9 Å². The number of nitrogens with zero attached hydrogens (tertiary/aromatic N) is 2. The van der Waals surface area contributed by atoms with Crippen molar-refractivity contribution in [1.82, 2.24) is 9.55 Å². The molecule has 0 aliphatic rings. The van der Waals surface area contributed by atoms with Gasteiger partial charge < -0.3 is 18.9 Å². The molecule has 30 heavy (non-hydrogen) atoms. The van der Waals surface area contributed by atoms with Crippen LogP contribution in [0.15, 0.2) is 42.5 Å². The van der Waals surface area contributed by atoms with Crippen LogP contribution in [-0.4, -0.2) is 41.4 Å². The summed E-state index contributed by atoms with van der Waals surface area (Å²) in [7, 11) is 2.89. The van der Waals surface area contributed by atoms with E-state index in [1.54, 1.807) is 70.3 Å². The van der Waals surface area contributed by atoms with Crippen molar-refractivity contribution in [3.63, 3.8) is 0 Å². The summed E-state index contributed by atoms with van der Waals surface area (Å²) < 4.78 is 22.7. The van der Waals surface area contributed by atoms with Gasteiger partial charge in [0, 0.05) is 6.07 Å². The maximum absolute atomic E-state index is 12.8. The fraction of sp³-hybridized carbons (Fsp3) is 0.318. The van der Waals surface area contributed by atoms with Gasteiger partial charge in [0.15, 0.2) is 5.82 Å². The highest BCUT2D eigenvalue weighted by molar-refractivity contribution is 5.89. The van der Waals surface area contributed by atoms with Gasteiger partial charge in [-0.1, -0.05) is 0 Å². The van der Waals surface area contributed by atoms with Crippen LogP contribution >= 0.6 is 0 Å². The molecule has 2 aromatic carbocycles. The molecule has 1 aromatic heterocycles. The molecule has 3 aromatic rings. The van der Waals surface area contributed by atoms with Crippen molar-refractivity contribution in [3.05, 3.63) is 53.9 Å². The largest absolute Gasteiger partial charge is 0.497 e. The van der Waals surface area contributed by atoms with Crippen LogP contribution in [0.25, 0.3) is 11.0 Å². The molecule has 0 atom stereocenters. The second-order valence-electron chi connectivity index (χ2n) is 7.50. The van der Waals surface area contributed by atoms with Gasteiger partial charge in [0.05, 0.1) is 30.8 Å². The fourth-order valence-corrected chi connectivity index (χ4v) is 2.80. The summed E-state index contributed by atoms with van der Waals surface area (Å²) in [5.74, 6) is 1.09. The van der Waals surface area contributed by atoms with E-state index in [0.29, 0.717) is 33.9 Å². The minimum atomic E-state index is -0.665. The third kappa shape index (κ3) is 4.71. The lowest BCUT2D eigenvalue weighted by Gasteiger charge is -2.20. The van der Waals surface area contributed by atoms with Gasteiger partial charge in [0.1, 0.15) is 23.7 Å². The zero-order chi connectivity index (χ0) is 21.9. The zero-order valence-corrected chi connectivity index (χ0v) is 17.6. The van der Waals surface area contributed by atoms with E-state index in [0.717, 1.165) is 0 Å². The number of hydrogen-bond donors (Lipinski definition) is 0. The predicted molar refractivity (Wildman–Crippen MR) is 110 cm³/mol. The minimum absolute atomic E-state index is 0.0216. The summed E-state index contributed by atoms with van der Waals surface area (Å²) in [5.41, 5.74) is 0.921. The Morgan fingerprint density at radius 2 is 1.67 bits per heavy atom. The molecule has 1 heterocycles. The van der Waals surface area contributed by atoms with Crippen molar-refractivity contribution in [2.75, 3.05) is 14.2 Å². The third-order valence-corrected chi connectivity index (χ3v) is 4.15. The Kier molecular flexibility index (Phi) is 5.96. The SMILES string of the molecule is COC(=O)c1ccc(OCc2nc3cc(OC)ccc3n2C(=O)OC(C)(C)C)cc1. The summed E-state index contributed by atoms with van der Waals surface area (Å²) in [6.45, 7) is 5.41. The monoisotopic (exact) mass is 412 g/mol. The Balaban J connectivity index is 1.90. The molecular formula is C22H24N2O6. The van der Waals surface area contributed by atoms with E-state index < -0.39 is 17.7 Å². The number of aromatic nitrogens is 2. The number of esters is 1. The maximum Gasteiger partial charge on any atom is 0.420 e. The summed E-state index contributed by atoms with van der Waals surface area (Å²) >= 11 is 0. The average Bonchev–Trinajstić information content (AvgIpc) is 3.08. The van der Waals surface area contributed by atoms with Gasteiger partial charge in [-0.15, -0.1) is 0 Å². The second-order valence-corrected chi connectivity index (χ2v) is 7.50. The number of imidazole rings is 1. The number of ether oxygens (including phenoxy) is 4. The van der Waals surface area contributed by atoms with E-state index in [1.807, 2.05) is 0 Å². The Morgan fingerprint density at radius 3 is 2.27 bits per heavy atom. The van der Waals surface area contributed by atoms with Crippen LogP contribution in [0, 0.1) is 0 Å². The number of rotatable bonds is 5. The molecule has 0 saturated heterocycles. The lowest BCUT2D eigenvalue weighted by molar-refractivity contribution is 0.0531. The molecule has 0 N–H and O–H groups in total. The summed E-state index contributed by atoms with van der Waals surface area (Å²) in [5, 5.41) is 0. The third-order valence-electron chi connectivity index (χ3n) is 4.15. The normalized spacial score (nSPS) is 11.2. The van der Waals surface area contributed by atoms with E-state index in [-0.39, 0.29) is 6.61 Å². The quantitative estimate of drug-likeness (QED) is 0.581. The van der Waals surface area contributed by atoms with Gasteiger partial charge in [-0.3, -0.25) is 0 Å². The highest BCUT2D eigenvalue weighted by atomic mass is 16.6. The molecule has 158 valence electrons. The Hall–Kier alpha value is -3.55. The van der Waals surface area contributed by atoms with Gasteiger partial charge >= 0.3 is 12.1 Å². The lowest BCUT2D eigenvalue weighted by Crippen LogP contribution is -2.28. The Morgan fingerprint density at radius 1 is 1.00 bits per heavy atom. The van der Waals surface area contributed by atoms with Crippen LogP contribution in [-0.2, 0) is 16.1 Å². The van der Waals surface area contributed by atoms with E-state index in [9.17, 15) is 9.59 Å². The number of benzene rings is 2. The van der Waals surface area contributed by atoms with Crippen molar-refractivity contribution in [1.29, 1.82) is 0 Å². The first-order valence-electron chi connectivity index (χ1n) is 9.32. The Bertz CT molecular complexity index is 1060. The van der Waals surface area contributed by atoms with E-state index in [4.69, 9.17) is 14.2 Å². The first kappa shape index (κ1) is 21.2. The molecule has 0 unspecified atom stereocenters. The number of hydrogen-bond acceptors (Lipinski definition) is 7. The van der Waals surface area contributed by atoms with Crippen LogP contribution in [0.4, 0.5) is 4.79 Å². The molecule has 3 rings (SSSR count). The average molecular weight is 412 g/mol. The van der Waals surface area contributed by atoms with Gasteiger partial charge in [-0.25, -0.2) is 19.1 Å². The van der Waals surface area contributed by atoms with Crippen molar-refractivity contribution < 1.29 is 28.5 Å². The molecular weight excluding hydrogens is 388 g/mol. The van der Waals surface area contributed by atoms with E-state index >= 15 is 0 Å². The number of carbonyl (C=O) groups excluding carboxylic acids is 2. The minimum Gasteiger partial charge on any atom is -0.497 e. The van der Waals surface area contributed by atoms with Crippen LogP contribution in [0.5, 0.6) is 11.5 Å². The maximum atomic E-state index is 12.8. The van der Waals surface area contributed by atoms with Crippen molar-refractivity contribution in [2.45, 2.75) is 33.0 Å². The molecule has 0 bridgehead atoms.